The van der Waals surface area contributed by atoms with Crippen molar-refractivity contribution in [2.45, 2.75) is 25.9 Å². The van der Waals surface area contributed by atoms with Crippen LogP contribution in [0.4, 0.5) is 4.39 Å². The number of ether oxygens (including phenoxy) is 1. The van der Waals surface area contributed by atoms with Gasteiger partial charge in [-0.1, -0.05) is 18.2 Å². The molecule has 1 N–H and O–H groups in total. The van der Waals surface area contributed by atoms with Crippen LogP contribution < -0.4 is 10.1 Å². The number of hydrogen-bond donors (Lipinski definition) is 1. The Bertz CT molecular complexity index is 839. The molecule has 3 aromatic rings. The first-order valence-electron chi connectivity index (χ1n) is 8.51. The van der Waals surface area contributed by atoms with Crippen LogP contribution in [-0.2, 0) is 19.5 Å². The van der Waals surface area contributed by atoms with Gasteiger partial charge in [0.1, 0.15) is 11.6 Å². The lowest BCUT2D eigenvalue weighted by atomic mass is 10.1. The Balaban J connectivity index is 1.47. The van der Waals surface area contributed by atoms with Gasteiger partial charge in [-0.15, -0.1) is 0 Å². The molecule has 4 heteroatoms. The molecule has 0 aliphatic carbocycles. The molecule has 24 heavy (non-hydrogen) atoms. The number of aryl methyl sites for hydroxylation is 1. The molecule has 3 nitrogen and oxygen atoms in total. The Hall–Kier alpha value is -2.33. The standard InChI is InChI=1S/C20H21FN2O/c21-15-6-8-16(9-7-15)24-13-3-12-23-19-5-2-1-4-17(19)18-10-11-22-14-20(18)23/h1-2,4-9,22H,3,10-14H2. The molecule has 124 valence electrons. The maximum absolute atomic E-state index is 12.9. The van der Waals surface area contributed by atoms with Crippen LogP contribution in [0.25, 0.3) is 10.9 Å². The lowest BCUT2D eigenvalue weighted by Gasteiger charge is -2.17. The van der Waals surface area contributed by atoms with Crippen LogP contribution >= 0.6 is 0 Å². The fourth-order valence-corrected chi connectivity index (χ4v) is 3.53. The molecule has 0 bridgehead atoms. The van der Waals surface area contributed by atoms with Gasteiger partial charge in [0.15, 0.2) is 0 Å². The predicted molar refractivity (Wildman–Crippen MR) is 93.9 cm³/mol. The molecule has 1 aliphatic rings. The molecule has 0 radical (unpaired) electrons. The van der Waals surface area contributed by atoms with Crippen molar-refractivity contribution >= 4 is 10.9 Å². The number of aromatic nitrogens is 1. The first-order chi connectivity index (χ1) is 11.8. The summed E-state index contributed by atoms with van der Waals surface area (Å²) in [5.74, 6) is 0.484. The van der Waals surface area contributed by atoms with E-state index in [-0.39, 0.29) is 5.82 Å². The third-order valence-corrected chi connectivity index (χ3v) is 4.65. The van der Waals surface area contributed by atoms with Gasteiger partial charge in [0.25, 0.3) is 0 Å². The summed E-state index contributed by atoms with van der Waals surface area (Å²) in [5.41, 5.74) is 4.21. The van der Waals surface area contributed by atoms with Crippen molar-refractivity contribution in [1.82, 2.24) is 9.88 Å². The minimum atomic E-state index is -0.236. The van der Waals surface area contributed by atoms with Crippen molar-refractivity contribution in [2.24, 2.45) is 0 Å². The lowest BCUT2D eigenvalue weighted by molar-refractivity contribution is 0.301. The van der Waals surface area contributed by atoms with Crippen molar-refractivity contribution in [1.29, 1.82) is 0 Å². The van der Waals surface area contributed by atoms with Crippen LogP contribution in [0.5, 0.6) is 5.75 Å². The van der Waals surface area contributed by atoms with Gasteiger partial charge in [-0.25, -0.2) is 4.39 Å². The average molecular weight is 324 g/mol. The highest BCUT2D eigenvalue weighted by Gasteiger charge is 2.18. The number of para-hydroxylation sites is 1. The fraction of sp³-hybridized carbons (Fsp3) is 0.300. The average Bonchev–Trinajstić information content (AvgIpc) is 2.95. The van der Waals surface area contributed by atoms with Gasteiger partial charge in [-0.05, 0) is 55.3 Å². The summed E-state index contributed by atoms with van der Waals surface area (Å²) in [5, 5.41) is 4.86. The van der Waals surface area contributed by atoms with E-state index in [1.165, 1.54) is 34.3 Å². The minimum Gasteiger partial charge on any atom is -0.494 e. The zero-order valence-electron chi connectivity index (χ0n) is 13.6. The van der Waals surface area contributed by atoms with E-state index in [0.717, 1.165) is 38.2 Å². The maximum Gasteiger partial charge on any atom is 0.123 e. The molecule has 0 fully saturated rings. The molecule has 1 aromatic heterocycles. The largest absolute Gasteiger partial charge is 0.494 e. The van der Waals surface area contributed by atoms with Gasteiger partial charge >= 0.3 is 0 Å². The third-order valence-electron chi connectivity index (χ3n) is 4.65. The normalized spacial score (nSPS) is 13.9. The van der Waals surface area contributed by atoms with E-state index in [4.69, 9.17) is 4.74 Å². The molecule has 0 atom stereocenters. The van der Waals surface area contributed by atoms with Crippen molar-refractivity contribution in [3.63, 3.8) is 0 Å². The Morgan fingerprint density at radius 2 is 1.92 bits per heavy atom. The molecular weight excluding hydrogens is 303 g/mol. The molecule has 0 saturated heterocycles. The molecule has 0 saturated carbocycles. The molecule has 0 spiro atoms. The lowest BCUT2D eigenvalue weighted by Crippen LogP contribution is -2.25. The van der Waals surface area contributed by atoms with E-state index in [1.807, 2.05) is 0 Å². The van der Waals surface area contributed by atoms with Gasteiger partial charge in [0.2, 0.25) is 0 Å². The molecule has 2 aromatic carbocycles. The number of benzene rings is 2. The second-order valence-electron chi connectivity index (χ2n) is 6.18. The van der Waals surface area contributed by atoms with E-state index in [1.54, 1.807) is 12.1 Å². The highest BCUT2D eigenvalue weighted by Crippen LogP contribution is 2.28. The first-order valence-corrected chi connectivity index (χ1v) is 8.51. The van der Waals surface area contributed by atoms with Crippen LogP contribution in [-0.4, -0.2) is 17.7 Å². The highest BCUT2D eigenvalue weighted by atomic mass is 19.1. The van der Waals surface area contributed by atoms with Gasteiger partial charge in [0, 0.05) is 29.7 Å². The number of halogens is 1. The van der Waals surface area contributed by atoms with Crippen LogP contribution in [0.2, 0.25) is 0 Å². The van der Waals surface area contributed by atoms with Crippen LogP contribution in [0.3, 0.4) is 0 Å². The number of nitrogens with zero attached hydrogens (tertiary/aromatic N) is 1. The summed E-state index contributed by atoms with van der Waals surface area (Å²) in [4.78, 5) is 0. The summed E-state index contributed by atoms with van der Waals surface area (Å²) in [7, 11) is 0. The predicted octanol–water partition coefficient (Wildman–Crippen LogP) is 3.90. The quantitative estimate of drug-likeness (QED) is 0.721. The van der Waals surface area contributed by atoms with Crippen molar-refractivity contribution in [3.05, 3.63) is 65.6 Å². The van der Waals surface area contributed by atoms with Crippen LogP contribution in [0.1, 0.15) is 17.7 Å². The summed E-state index contributed by atoms with van der Waals surface area (Å²) < 4.78 is 21.0. The second kappa shape index (κ2) is 6.65. The molecule has 0 unspecified atom stereocenters. The van der Waals surface area contributed by atoms with Crippen LogP contribution in [0.15, 0.2) is 48.5 Å². The number of nitrogens with one attached hydrogen (secondary N) is 1. The smallest absolute Gasteiger partial charge is 0.123 e. The molecule has 1 aliphatic heterocycles. The van der Waals surface area contributed by atoms with E-state index in [2.05, 4.69) is 34.1 Å². The van der Waals surface area contributed by atoms with Crippen molar-refractivity contribution in [2.75, 3.05) is 13.2 Å². The summed E-state index contributed by atoms with van der Waals surface area (Å²) >= 11 is 0. The van der Waals surface area contributed by atoms with Crippen LogP contribution in [0, 0.1) is 5.82 Å². The number of fused-ring (bicyclic) bond motifs is 3. The molecule has 2 heterocycles. The summed E-state index contributed by atoms with van der Waals surface area (Å²) in [6.07, 6.45) is 2.01. The first kappa shape index (κ1) is 15.2. The molecule has 4 rings (SSSR count). The zero-order valence-corrected chi connectivity index (χ0v) is 13.6. The van der Waals surface area contributed by atoms with E-state index < -0.39 is 0 Å². The van der Waals surface area contributed by atoms with Crippen molar-refractivity contribution < 1.29 is 9.13 Å². The van der Waals surface area contributed by atoms with Crippen molar-refractivity contribution in [3.8, 4) is 5.75 Å². The monoisotopic (exact) mass is 324 g/mol. The zero-order chi connectivity index (χ0) is 16.4. The third kappa shape index (κ3) is 2.89. The van der Waals surface area contributed by atoms with E-state index in [0.29, 0.717) is 6.61 Å². The number of hydrogen-bond acceptors (Lipinski definition) is 2. The Morgan fingerprint density at radius 1 is 1.08 bits per heavy atom. The van der Waals surface area contributed by atoms with Gasteiger partial charge in [0.05, 0.1) is 6.61 Å². The Labute approximate surface area is 141 Å². The van der Waals surface area contributed by atoms with E-state index in [9.17, 15) is 4.39 Å². The summed E-state index contributed by atoms with van der Waals surface area (Å²) in [6.45, 7) is 3.54. The molecular formula is C20H21FN2O. The van der Waals surface area contributed by atoms with Gasteiger partial charge in [-0.2, -0.15) is 0 Å². The minimum absolute atomic E-state index is 0.236. The van der Waals surface area contributed by atoms with E-state index >= 15 is 0 Å². The Morgan fingerprint density at radius 3 is 2.79 bits per heavy atom. The number of rotatable bonds is 5. The topological polar surface area (TPSA) is 26.2 Å². The SMILES string of the molecule is Fc1ccc(OCCCn2c3c(c4ccccc42)CCNC3)cc1. The van der Waals surface area contributed by atoms with Gasteiger partial charge < -0.3 is 14.6 Å². The maximum atomic E-state index is 12.9. The Kier molecular flexibility index (Phi) is 4.22. The molecule has 0 amide bonds. The highest BCUT2D eigenvalue weighted by molar-refractivity contribution is 5.85. The summed E-state index contributed by atoms with van der Waals surface area (Å²) in [6, 6.07) is 14.9. The fourth-order valence-electron chi connectivity index (χ4n) is 3.53. The second-order valence-corrected chi connectivity index (χ2v) is 6.18. The van der Waals surface area contributed by atoms with Gasteiger partial charge in [-0.3, -0.25) is 0 Å².